The number of rotatable bonds is 6. The van der Waals surface area contributed by atoms with Gasteiger partial charge in [0.25, 0.3) is 0 Å². The fourth-order valence-corrected chi connectivity index (χ4v) is 3.69. The van der Waals surface area contributed by atoms with E-state index in [2.05, 4.69) is 5.32 Å². The number of nitrogens with zero attached hydrogens (tertiary/aromatic N) is 1. The normalized spacial score (nSPS) is 12.2. The van der Waals surface area contributed by atoms with Crippen molar-refractivity contribution in [2.24, 2.45) is 0 Å². The molecule has 0 saturated carbocycles. The molecule has 0 spiro atoms. The summed E-state index contributed by atoms with van der Waals surface area (Å²) in [7, 11) is -0.734. The van der Waals surface area contributed by atoms with Crippen molar-refractivity contribution in [2.45, 2.75) is 16.0 Å². The largest absolute Gasteiger partial charge is 0.416 e. The second-order valence-corrected chi connectivity index (χ2v) is 8.87. The monoisotopic (exact) mass is 418 g/mol. The standard InChI is InChI=1S/C17H17F3N2O3S2/c1-22(2)27(24,25)15-8-6-13(7-9-15)21-16(23)11-26-14-5-3-4-12(10-14)17(18,19)20/h3-10H,11H2,1-2H3,(H,21,23). The molecule has 0 aliphatic heterocycles. The summed E-state index contributed by atoms with van der Waals surface area (Å²) in [6, 6.07) is 10.4. The van der Waals surface area contributed by atoms with E-state index in [0.717, 1.165) is 28.2 Å². The molecule has 146 valence electrons. The molecule has 1 amide bonds. The molecule has 0 aromatic heterocycles. The van der Waals surface area contributed by atoms with Crippen LogP contribution in [0, 0.1) is 0 Å². The molecule has 27 heavy (non-hydrogen) atoms. The van der Waals surface area contributed by atoms with Gasteiger partial charge < -0.3 is 5.32 Å². The maximum Gasteiger partial charge on any atom is 0.416 e. The molecule has 2 aromatic rings. The second kappa shape index (κ2) is 8.32. The molecule has 0 unspecified atom stereocenters. The highest BCUT2D eigenvalue weighted by Crippen LogP contribution is 2.31. The first-order chi connectivity index (χ1) is 12.5. The third-order valence-corrected chi connectivity index (χ3v) is 6.27. The molecular weight excluding hydrogens is 401 g/mol. The summed E-state index contributed by atoms with van der Waals surface area (Å²) in [5.74, 6) is -0.500. The molecule has 0 atom stereocenters. The molecule has 0 saturated heterocycles. The molecule has 0 bridgehead atoms. The van der Waals surface area contributed by atoms with Gasteiger partial charge in [-0.1, -0.05) is 6.07 Å². The lowest BCUT2D eigenvalue weighted by atomic mass is 10.2. The van der Waals surface area contributed by atoms with Crippen molar-refractivity contribution in [3.05, 3.63) is 54.1 Å². The van der Waals surface area contributed by atoms with E-state index in [-0.39, 0.29) is 10.6 Å². The molecule has 0 aliphatic rings. The highest BCUT2D eigenvalue weighted by Gasteiger charge is 2.30. The molecule has 0 aliphatic carbocycles. The Kier molecular flexibility index (Phi) is 6.55. The fourth-order valence-electron chi connectivity index (χ4n) is 2.03. The van der Waals surface area contributed by atoms with Gasteiger partial charge in [-0.2, -0.15) is 13.2 Å². The number of nitrogens with one attached hydrogen (secondary N) is 1. The minimum Gasteiger partial charge on any atom is -0.325 e. The topological polar surface area (TPSA) is 66.5 Å². The zero-order chi connectivity index (χ0) is 20.2. The average Bonchev–Trinajstić information content (AvgIpc) is 2.60. The Hall–Kier alpha value is -2.04. The van der Waals surface area contributed by atoms with Gasteiger partial charge >= 0.3 is 6.18 Å². The van der Waals surface area contributed by atoms with E-state index >= 15 is 0 Å². The Balaban J connectivity index is 1.97. The molecule has 2 rings (SSSR count). The highest BCUT2D eigenvalue weighted by atomic mass is 32.2. The highest BCUT2D eigenvalue weighted by molar-refractivity contribution is 8.00. The van der Waals surface area contributed by atoms with Crippen LogP contribution in [0.4, 0.5) is 18.9 Å². The van der Waals surface area contributed by atoms with E-state index in [9.17, 15) is 26.4 Å². The zero-order valence-electron chi connectivity index (χ0n) is 14.4. The zero-order valence-corrected chi connectivity index (χ0v) is 16.1. The molecule has 0 fully saturated rings. The number of sulfonamides is 1. The van der Waals surface area contributed by atoms with Gasteiger partial charge in [-0.25, -0.2) is 12.7 Å². The number of alkyl halides is 3. The molecule has 1 N–H and O–H groups in total. The minimum atomic E-state index is -4.44. The van der Waals surface area contributed by atoms with Crippen LogP contribution in [0.5, 0.6) is 0 Å². The second-order valence-electron chi connectivity index (χ2n) is 5.67. The van der Waals surface area contributed by atoms with Crippen molar-refractivity contribution in [1.29, 1.82) is 0 Å². The summed E-state index contributed by atoms with van der Waals surface area (Å²) in [6.07, 6.45) is -4.44. The van der Waals surface area contributed by atoms with Gasteiger partial charge in [0.1, 0.15) is 0 Å². The lowest BCUT2D eigenvalue weighted by Gasteiger charge is -2.12. The van der Waals surface area contributed by atoms with Gasteiger partial charge in [-0.3, -0.25) is 4.79 Å². The number of hydrogen-bond acceptors (Lipinski definition) is 4. The third-order valence-electron chi connectivity index (χ3n) is 3.45. The Morgan fingerprint density at radius 2 is 1.74 bits per heavy atom. The lowest BCUT2D eigenvalue weighted by molar-refractivity contribution is -0.137. The predicted octanol–water partition coefficient (Wildman–Crippen LogP) is 3.69. The van der Waals surface area contributed by atoms with Crippen LogP contribution in [0.15, 0.2) is 58.3 Å². The smallest absolute Gasteiger partial charge is 0.325 e. The Labute approximate surface area is 159 Å². The number of amides is 1. The summed E-state index contributed by atoms with van der Waals surface area (Å²) in [5.41, 5.74) is -0.382. The number of hydrogen-bond donors (Lipinski definition) is 1. The van der Waals surface area contributed by atoms with E-state index in [0.29, 0.717) is 10.6 Å². The fraction of sp³-hybridized carbons (Fsp3) is 0.235. The van der Waals surface area contributed by atoms with Gasteiger partial charge in [-0.05, 0) is 42.5 Å². The average molecular weight is 418 g/mol. The van der Waals surface area contributed by atoms with Crippen LogP contribution in [-0.2, 0) is 21.0 Å². The molecule has 0 heterocycles. The first-order valence-corrected chi connectivity index (χ1v) is 10.1. The molecule has 2 aromatic carbocycles. The van der Waals surface area contributed by atoms with Gasteiger partial charge in [0.15, 0.2) is 0 Å². The van der Waals surface area contributed by atoms with E-state index < -0.39 is 27.7 Å². The van der Waals surface area contributed by atoms with E-state index in [1.807, 2.05) is 0 Å². The van der Waals surface area contributed by atoms with Crippen LogP contribution < -0.4 is 5.32 Å². The van der Waals surface area contributed by atoms with Crippen molar-refractivity contribution in [1.82, 2.24) is 4.31 Å². The Morgan fingerprint density at radius 3 is 2.30 bits per heavy atom. The van der Waals surface area contributed by atoms with Crippen molar-refractivity contribution < 1.29 is 26.4 Å². The van der Waals surface area contributed by atoms with Crippen LogP contribution in [-0.4, -0.2) is 38.5 Å². The van der Waals surface area contributed by atoms with Crippen LogP contribution in [0.25, 0.3) is 0 Å². The predicted molar refractivity (Wildman–Crippen MR) is 98.1 cm³/mol. The maximum absolute atomic E-state index is 12.7. The molecule has 10 heteroatoms. The quantitative estimate of drug-likeness (QED) is 0.727. The summed E-state index contributed by atoms with van der Waals surface area (Å²) >= 11 is 0.975. The van der Waals surface area contributed by atoms with E-state index in [1.54, 1.807) is 0 Å². The third kappa shape index (κ3) is 5.72. The summed E-state index contributed by atoms with van der Waals surface area (Å²) in [4.78, 5) is 12.4. The number of thioether (sulfide) groups is 1. The lowest BCUT2D eigenvalue weighted by Crippen LogP contribution is -2.22. The van der Waals surface area contributed by atoms with Crippen molar-refractivity contribution in [3.8, 4) is 0 Å². The van der Waals surface area contributed by atoms with Crippen LogP contribution in [0.2, 0.25) is 0 Å². The number of carbonyl (C=O) groups excluding carboxylic acids is 1. The molecule has 5 nitrogen and oxygen atoms in total. The SMILES string of the molecule is CN(C)S(=O)(=O)c1ccc(NC(=O)CSc2cccc(C(F)(F)F)c2)cc1. The summed E-state index contributed by atoms with van der Waals surface area (Å²) < 4.78 is 63.1. The van der Waals surface area contributed by atoms with Gasteiger partial charge in [0.05, 0.1) is 16.2 Å². The van der Waals surface area contributed by atoms with E-state index in [1.165, 1.54) is 50.5 Å². The first kappa shape index (κ1) is 21.3. The minimum absolute atomic E-state index is 0.0843. The van der Waals surface area contributed by atoms with Crippen LogP contribution in [0.3, 0.4) is 0 Å². The van der Waals surface area contributed by atoms with Gasteiger partial charge in [0, 0.05) is 24.7 Å². The molecule has 0 radical (unpaired) electrons. The first-order valence-electron chi connectivity index (χ1n) is 7.62. The molecular formula is C17H17F3N2O3S2. The number of halogens is 3. The maximum atomic E-state index is 12.7. The summed E-state index contributed by atoms with van der Waals surface area (Å²) in [5, 5.41) is 2.57. The van der Waals surface area contributed by atoms with Gasteiger partial charge in [0.2, 0.25) is 15.9 Å². The Morgan fingerprint density at radius 1 is 1.11 bits per heavy atom. The number of carbonyl (C=O) groups is 1. The van der Waals surface area contributed by atoms with Crippen molar-refractivity contribution >= 4 is 33.4 Å². The van der Waals surface area contributed by atoms with Crippen LogP contribution >= 0.6 is 11.8 Å². The number of benzene rings is 2. The van der Waals surface area contributed by atoms with E-state index in [4.69, 9.17) is 0 Å². The van der Waals surface area contributed by atoms with Crippen LogP contribution in [0.1, 0.15) is 5.56 Å². The van der Waals surface area contributed by atoms with Crippen molar-refractivity contribution in [3.63, 3.8) is 0 Å². The summed E-state index contributed by atoms with van der Waals surface area (Å²) in [6.45, 7) is 0. The number of anilines is 1. The van der Waals surface area contributed by atoms with Gasteiger partial charge in [-0.15, -0.1) is 11.8 Å². The van der Waals surface area contributed by atoms with Crippen molar-refractivity contribution in [2.75, 3.05) is 25.2 Å². The Bertz CT molecular complexity index is 912.